The standard InChI is InChI=1S/C18H20F2N4O2/c1-12(15(25)24-10-9-17(11-24)7-8-18(17,19)20)21-16-23-22-14(26-16)13-5-3-2-4-6-13/h2-6,12H,7-11H2,1H3,(H,21,23)/t12-,17-/m1/s1. The van der Waals surface area contributed by atoms with Gasteiger partial charge in [0.1, 0.15) is 6.04 Å². The second-order valence-corrected chi connectivity index (χ2v) is 7.14. The van der Waals surface area contributed by atoms with E-state index in [2.05, 4.69) is 15.5 Å². The topological polar surface area (TPSA) is 71.3 Å². The highest BCUT2D eigenvalue weighted by Gasteiger charge is 2.64. The molecule has 26 heavy (non-hydrogen) atoms. The van der Waals surface area contributed by atoms with Crippen molar-refractivity contribution in [3.8, 4) is 11.5 Å². The summed E-state index contributed by atoms with van der Waals surface area (Å²) in [6, 6.07) is 8.78. The fraction of sp³-hybridized carbons (Fsp3) is 0.500. The van der Waals surface area contributed by atoms with Gasteiger partial charge in [0.2, 0.25) is 11.8 Å². The summed E-state index contributed by atoms with van der Waals surface area (Å²) in [6.45, 7) is 2.14. The number of aromatic nitrogens is 2. The van der Waals surface area contributed by atoms with Crippen LogP contribution in [0.5, 0.6) is 0 Å². The molecule has 0 radical (unpaired) electrons. The number of hydrogen-bond acceptors (Lipinski definition) is 5. The van der Waals surface area contributed by atoms with Crippen molar-refractivity contribution < 1.29 is 18.0 Å². The van der Waals surface area contributed by atoms with Gasteiger partial charge in [-0.1, -0.05) is 23.3 Å². The first-order chi connectivity index (χ1) is 12.4. The van der Waals surface area contributed by atoms with Crippen LogP contribution < -0.4 is 5.32 Å². The van der Waals surface area contributed by atoms with Gasteiger partial charge in [0.05, 0.1) is 5.41 Å². The average Bonchev–Trinajstić information content (AvgIpc) is 3.29. The predicted molar refractivity (Wildman–Crippen MR) is 90.6 cm³/mol. The van der Waals surface area contributed by atoms with Gasteiger partial charge in [-0.3, -0.25) is 4.79 Å². The second-order valence-electron chi connectivity index (χ2n) is 7.14. The van der Waals surface area contributed by atoms with Crippen molar-refractivity contribution >= 4 is 11.9 Å². The molecule has 1 saturated carbocycles. The van der Waals surface area contributed by atoms with Crippen molar-refractivity contribution in [3.05, 3.63) is 30.3 Å². The van der Waals surface area contributed by atoms with Gasteiger partial charge in [-0.15, -0.1) is 5.10 Å². The largest absolute Gasteiger partial charge is 0.403 e. The highest BCUT2D eigenvalue weighted by molar-refractivity contribution is 5.84. The lowest BCUT2D eigenvalue weighted by molar-refractivity contribution is -0.195. The third kappa shape index (κ3) is 2.73. The molecule has 2 aliphatic rings. The number of rotatable bonds is 4. The molecule has 1 aliphatic heterocycles. The van der Waals surface area contributed by atoms with Crippen molar-refractivity contribution in [1.29, 1.82) is 0 Å². The summed E-state index contributed by atoms with van der Waals surface area (Å²) in [5.41, 5.74) is -0.242. The number of carbonyl (C=O) groups excluding carboxylic acids is 1. The Labute approximate surface area is 149 Å². The molecule has 6 nitrogen and oxygen atoms in total. The van der Waals surface area contributed by atoms with E-state index in [0.29, 0.717) is 25.3 Å². The Morgan fingerprint density at radius 1 is 1.23 bits per heavy atom. The number of hydrogen-bond donors (Lipinski definition) is 1. The minimum absolute atomic E-state index is 0.0763. The molecule has 0 bridgehead atoms. The van der Waals surface area contributed by atoms with Crippen LogP contribution in [0.1, 0.15) is 26.2 Å². The minimum Gasteiger partial charge on any atom is -0.403 e. The lowest BCUT2D eigenvalue weighted by atomic mass is 9.64. The average molecular weight is 362 g/mol. The zero-order valence-electron chi connectivity index (χ0n) is 14.4. The Morgan fingerprint density at radius 3 is 2.62 bits per heavy atom. The highest BCUT2D eigenvalue weighted by atomic mass is 19.3. The summed E-state index contributed by atoms with van der Waals surface area (Å²) < 4.78 is 33.3. The lowest BCUT2D eigenvalue weighted by Crippen LogP contribution is -2.53. The Balaban J connectivity index is 1.39. The third-order valence-corrected chi connectivity index (χ3v) is 5.52. The van der Waals surface area contributed by atoms with Gasteiger partial charge < -0.3 is 14.6 Å². The highest BCUT2D eigenvalue weighted by Crippen LogP contribution is 2.58. The van der Waals surface area contributed by atoms with Crippen molar-refractivity contribution in [2.45, 2.75) is 38.2 Å². The van der Waals surface area contributed by atoms with Crippen molar-refractivity contribution in [2.24, 2.45) is 5.41 Å². The molecule has 1 amide bonds. The first-order valence-electron chi connectivity index (χ1n) is 8.72. The van der Waals surface area contributed by atoms with E-state index in [9.17, 15) is 13.6 Å². The van der Waals surface area contributed by atoms with Crippen LogP contribution in [0.2, 0.25) is 0 Å². The molecule has 1 aliphatic carbocycles. The molecular formula is C18H20F2N4O2. The summed E-state index contributed by atoms with van der Waals surface area (Å²) >= 11 is 0. The summed E-state index contributed by atoms with van der Waals surface area (Å²) in [5.74, 6) is -2.54. The Hall–Kier alpha value is -2.51. The van der Waals surface area contributed by atoms with Crippen LogP contribution in [0, 0.1) is 5.41 Å². The van der Waals surface area contributed by atoms with Gasteiger partial charge in [0, 0.05) is 25.1 Å². The van der Waals surface area contributed by atoms with E-state index in [-0.39, 0.29) is 24.9 Å². The Morgan fingerprint density at radius 2 is 2.00 bits per heavy atom. The van der Waals surface area contributed by atoms with Crippen molar-refractivity contribution in [1.82, 2.24) is 15.1 Å². The van der Waals surface area contributed by atoms with Gasteiger partial charge in [0.25, 0.3) is 5.92 Å². The van der Waals surface area contributed by atoms with Crippen LogP contribution in [0.4, 0.5) is 14.8 Å². The number of likely N-dealkylation sites (tertiary alicyclic amines) is 1. The number of benzene rings is 1. The molecule has 2 atom stereocenters. The van der Waals surface area contributed by atoms with E-state index < -0.39 is 17.4 Å². The molecule has 2 fully saturated rings. The zero-order valence-corrected chi connectivity index (χ0v) is 14.4. The second kappa shape index (κ2) is 6.03. The maximum atomic E-state index is 13.9. The quantitative estimate of drug-likeness (QED) is 0.904. The van der Waals surface area contributed by atoms with E-state index in [1.165, 1.54) is 4.90 Å². The molecule has 2 aromatic rings. The summed E-state index contributed by atoms with van der Waals surface area (Å²) in [5, 5.41) is 10.7. The Kier molecular flexibility index (Phi) is 3.93. The number of anilines is 1. The number of alkyl halides is 2. The van der Waals surface area contributed by atoms with Crippen molar-refractivity contribution in [2.75, 3.05) is 18.4 Å². The van der Waals surface area contributed by atoms with Crippen LogP contribution in [-0.4, -0.2) is 46.1 Å². The normalized spacial score (nSPS) is 25.1. The molecule has 1 aromatic heterocycles. The van der Waals surface area contributed by atoms with E-state index in [0.717, 1.165) is 5.56 Å². The maximum absolute atomic E-state index is 13.9. The molecular weight excluding hydrogens is 342 g/mol. The number of nitrogens with zero attached hydrogens (tertiary/aromatic N) is 3. The lowest BCUT2D eigenvalue weighted by Gasteiger charge is -2.46. The fourth-order valence-electron chi connectivity index (χ4n) is 3.73. The molecule has 1 aromatic carbocycles. The number of carbonyl (C=O) groups is 1. The first-order valence-corrected chi connectivity index (χ1v) is 8.72. The van der Waals surface area contributed by atoms with Crippen LogP contribution in [-0.2, 0) is 4.79 Å². The number of halogens is 2. The van der Waals surface area contributed by atoms with E-state index in [1.807, 2.05) is 30.3 Å². The van der Waals surface area contributed by atoms with E-state index in [4.69, 9.17) is 4.42 Å². The van der Waals surface area contributed by atoms with E-state index in [1.54, 1.807) is 6.92 Å². The molecule has 1 N–H and O–H groups in total. The maximum Gasteiger partial charge on any atom is 0.316 e. The van der Waals surface area contributed by atoms with E-state index >= 15 is 0 Å². The van der Waals surface area contributed by atoms with Crippen LogP contribution >= 0.6 is 0 Å². The van der Waals surface area contributed by atoms with Crippen LogP contribution in [0.3, 0.4) is 0 Å². The van der Waals surface area contributed by atoms with Gasteiger partial charge in [0.15, 0.2) is 0 Å². The third-order valence-electron chi connectivity index (χ3n) is 5.52. The summed E-state index contributed by atoms with van der Waals surface area (Å²) in [4.78, 5) is 14.1. The summed E-state index contributed by atoms with van der Waals surface area (Å²) in [7, 11) is 0. The monoisotopic (exact) mass is 362 g/mol. The molecule has 1 saturated heterocycles. The van der Waals surface area contributed by atoms with Gasteiger partial charge >= 0.3 is 6.01 Å². The zero-order chi connectivity index (χ0) is 18.4. The Bertz CT molecular complexity index is 811. The van der Waals surface area contributed by atoms with Crippen LogP contribution in [0.15, 0.2) is 34.7 Å². The fourth-order valence-corrected chi connectivity index (χ4v) is 3.73. The molecule has 2 heterocycles. The SMILES string of the molecule is C[C@@H](Nc1nnc(-c2ccccc2)o1)C(=O)N1CC[C@]2(CCC2(F)F)C1. The predicted octanol–water partition coefficient (Wildman–Crippen LogP) is 3.18. The van der Waals surface area contributed by atoms with Gasteiger partial charge in [-0.05, 0) is 31.9 Å². The molecule has 1 spiro atoms. The number of amides is 1. The van der Waals surface area contributed by atoms with Gasteiger partial charge in [-0.2, -0.15) is 0 Å². The smallest absolute Gasteiger partial charge is 0.316 e. The van der Waals surface area contributed by atoms with Crippen LogP contribution in [0.25, 0.3) is 11.5 Å². The minimum atomic E-state index is -2.66. The van der Waals surface area contributed by atoms with Gasteiger partial charge in [-0.25, -0.2) is 8.78 Å². The molecule has 8 heteroatoms. The molecule has 4 rings (SSSR count). The molecule has 138 valence electrons. The first kappa shape index (κ1) is 16.9. The number of nitrogens with one attached hydrogen (secondary N) is 1. The molecule has 0 unspecified atom stereocenters. The van der Waals surface area contributed by atoms with Crippen molar-refractivity contribution in [3.63, 3.8) is 0 Å². The summed E-state index contributed by atoms with van der Waals surface area (Å²) in [6.07, 6.45) is 0.764.